The fraction of sp³-hybridized carbons (Fsp3) is 0.385. The topological polar surface area (TPSA) is 57.6 Å². The van der Waals surface area contributed by atoms with Gasteiger partial charge in [-0.15, -0.1) is 11.3 Å². The number of fused-ring (bicyclic) bond motifs is 1. The van der Waals surface area contributed by atoms with Crippen LogP contribution in [0.15, 0.2) is 34.5 Å². The van der Waals surface area contributed by atoms with Crippen molar-refractivity contribution in [1.29, 1.82) is 0 Å². The summed E-state index contributed by atoms with van der Waals surface area (Å²) in [5, 5.41) is 10.1. The molecule has 2 aromatic rings. The van der Waals surface area contributed by atoms with E-state index in [0.29, 0.717) is 17.3 Å². The lowest BCUT2D eigenvalue weighted by atomic mass is 10.1. The fourth-order valence-electron chi connectivity index (χ4n) is 2.38. The van der Waals surface area contributed by atoms with Crippen molar-refractivity contribution in [1.82, 2.24) is 4.31 Å². The third-order valence-electron chi connectivity index (χ3n) is 3.50. The van der Waals surface area contributed by atoms with Crippen molar-refractivity contribution in [2.75, 3.05) is 19.7 Å². The molecule has 1 aliphatic rings. The van der Waals surface area contributed by atoms with Gasteiger partial charge in [0.05, 0.1) is 0 Å². The van der Waals surface area contributed by atoms with E-state index >= 15 is 0 Å². The molecule has 0 radical (unpaired) electrons. The van der Waals surface area contributed by atoms with Gasteiger partial charge in [0.2, 0.25) is 0 Å². The Hall–Kier alpha value is -0.950. The minimum atomic E-state index is -3.40. The SMILES string of the molecule is O=S(=O)(c1cc2ccccc2s1)N1CC[C@H](CO)C1. The molecule has 0 unspecified atom stereocenters. The zero-order chi connectivity index (χ0) is 13.5. The number of aliphatic hydroxyl groups is 1. The maximum Gasteiger partial charge on any atom is 0.252 e. The smallest absolute Gasteiger partial charge is 0.252 e. The van der Waals surface area contributed by atoms with Crippen molar-refractivity contribution in [3.63, 3.8) is 0 Å². The first-order valence-electron chi connectivity index (χ1n) is 6.21. The van der Waals surface area contributed by atoms with Gasteiger partial charge in [-0.3, -0.25) is 0 Å². The first-order valence-corrected chi connectivity index (χ1v) is 8.46. The number of rotatable bonds is 3. The summed E-state index contributed by atoms with van der Waals surface area (Å²) in [5.41, 5.74) is 0. The molecule has 6 heteroatoms. The second-order valence-electron chi connectivity index (χ2n) is 4.80. The van der Waals surface area contributed by atoms with Crippen LogP contribution in [0.4, 0.5) is 0 Å². The van der Waals surface area contributed by atoms with Gasteiger partial charge in [-0.25, -0.2) is 8.42 Å². The predicted molar refractivity (Wildman–Crippen MR) is 75.8 cm³/mol. The van der Waals surface area contributed by atoms with Crippen LogP contribution in [0, 0.1) is 5.92 Å². The summed E-state index contributed by atoms with van der Waals surface area (Å²) < 4.78 is 27.9. The molecule has 0 saturated carbocycles. The van der Waals surface area contributed by atoms with E-state index in [9.17, 15) is 8.42 Å². The lowest BCUT2D eigenvalue weighted by Gasteiger charge is -2.14. The van der Waals surface area contributed by atoms with Gasteiger partial charge in [0.15, 0.2) is 0 Å². The molecule has 1 fully saturated rings. The minimum absolute atomic E-state index is 0.0540. The second-order valence-corrected chi connectivity index (χ2v) is 8.05. The third kappa shape index (κ3) is 2.29. The summed E-state index contributed by atoms with van der Waals surface area (Å²) in [6.07, 6.45) is 0.737. The van der Waals surface area contributed by atoms with Crippen LogP contribution in [0.25, 0.3) is 10.1 Å². The van der Waals surface area contributed by atoms with Crippen LogP contribution in [0.1, 0.15) is 6.42 Å². The lowest BCUT2D eigenvalue weighted by molar-refractivity contribution is 0.233. The van der Waals surface area contributed by atoms with Crippen molar-refractivity contribution < 1.29 is 13.5 Å². The molecule has 0 aliphatic carbocycles. The zero-order valence-electron chi connectivity index (χ0n) is 10.3. The molecule has 0 amide bonds. The van der Waals surface area contributed by atoms with Gasteiger partial charge in [-0.2, -0.15) is 4.31 Å². The Bertz CT molecular complexity index is 660. The summed E-state index contributed by atoms with van der Waals surface area (Å²) in [4.78, 5) is 0. The van der Waals surface area contributed by atoms with Crippen LogP contribution in [-0.2, 0) is 10.0 Å². The van der Waals surface area contributed by atoms with Crippen molar-refractivity contribution in [3.8, 4) is 0 Å². The van der Waals surface area contributed by atoms with Crippen LogP contribution in [0.5, 0.6) is 0 Å². The van der Waals surface area contributed by atoms with Crippen molar-refractivity contribution >= 4 is 31.4 Å². The Morgan fingerprint density at radius 3 is 2.84 bits per heavy atom. The average Bonchev–Trinajstić information content (AvgIpc) is 3.05. The second kappa shape index (κ2) is 4.86. The normalized spacial score (nSPS) is 21.2. The summed E-state index contributed by atoms with van der Waals surface area (Å²) in [6, 6.07) is 9.41. The predicted octanol–water partition coefficient (Wildman–Crippen LogP) is 1.90. The molecular formula is C13H15NO3S2. The Balaban J connectivity index is 1.96. The molecule has 1 atom stereocenters. The number of aliphatic hydroxyl groups excluding tert-OH is 1. The number of sulfonamides is 1. The van der Waals surface area contributed by atoms with E-state index < -0.39 is 10.0 Å². The summed E-state index contributed by atoms with van der Waals surface area (Å²) >= 11 is 1.31. The van der Waals surface area contributed by atoms with Gasteiger partial charge in [-0.05, 0) is 29.9 Å². The summed E-state index contributed by atoms with van der Waals surface area (Å²) in [5.74, 6) is 0.0733. The van der Waals surface area contributed by atoms with E-state index in [4.69, 9.17) is 5.11 Å². The van der Waals surface area contributed by atoms with Crippen molar-refractivity contribution in [3.05, 3.63) is 30.3 Å². The van der Waals surface area contributed by atoms with Gasteiger partial charge in [0.25, 0.3) is 10.0 Å². The van der Waals surface area contributed by atoms with E-state index in [0.717, 1.165) is 16.5 Å². The van der Waals surface area contributed by atoms with Crippen LogP contribution >= 0.6 is 11.3 Å². The Morgan fingerprint density at radius 2 is 2.16 bits per heavy atom. The van der Waals surface area contributed by atoms with Gasteiger partial charge in [0, 0.05) is 24.4 Å². The first-order chi connectivity index (χ1) is 9.11. The minimum Gasteiger partial charge on any atom is -0.396 e. The quantitative estimate of drug-likeness (QED) is 0.941. The number of benzene rings is 1. The molecule has 1 aromatic carbocycles. The highest BCUT2D eigenvalue weighted by atomic mass is 32.2. The summed E-state index contributed by atoms with van der Waals surface area (Å²) in [7, 11) is -3.40. The molecule has 2 heterocycles. The Kier molecular flexibility index (Phi) is 3.34. The first kappa shape index (κ1) is 13.1. The van der Waals surface area contributed by atoms with E-state index in [1.54, 1.807) is 6.07 Å². The average molecular weight is 297 g/mol. The molecule has 4 nitrogen and oxygen atoms in total. The number of hydrogen-bond donors (Lipinski definition) is 1. The number of nitrogens with zero attached hydrogens (tertiary/aromatic N) is 1. The third-order valence-corrected chi connectivity index (χ3v) is 6.93. The van der Waals surface area contributed by atoms with Gasteiger partial charge < -0.3 is 5.11 Å². The van der Waals surface area contributed by atoms with E-state index in [1.807, 2.05) is 24.3 Å². The molecule has 1 aliphatic heterocycles. The number of hydrogen-bond acceptors (Lipinski definition) is 4. The summed E-state index contributed by atoms with van der Waals surface area (Å²) in [6.45, 7) is 0.979. The van der Waals surface area contributed by atoms with Gasteiger partial charge in [-0.1, -0.05) is 18.2 Å². The highest BCUT2D eigenvalue weighted by Gasteiger charge is 2.33. The maximum absolute atomic E-state index is 12.5. The monoisotopic (exact) mass is 297 g/mol. The molecular weight excluding hydrogens is 282 g/mol. The Labute approximate surface area is 116 Å². The molecule has 102 valence electrons. The zero-order valence-corrected chi connectivity index (χ0v) is 12.0. The van der Waals surface area contributed by atoms with Gasteiger partial charge in [0.1, 0.15) is 4.21 Å². The van der Waals surface area contributed by atoms with Crippen LogP contribution in [-0.4, -0.2) is 37.5 Å². The largest absolute Gasteiger partial charge is 0.396 e. The van der Waals surface area contributed by atoms with E-state index in [2.05, 4.69) is 0 Å². The van der Waals surface area contributed by atoms with Crippen LogP contribution in [0.2, 0.25) is 0 Å². The molecule has 3 rings (SSSR count). The number of thiophene rings is 1. The van der Waals surface area contributed by atoms with Crippen molar-refractivity contribution in [2.24, 2.45) is 5.92 Å². The molecule has 0 spiro atoms. The van der Waals surface area contributed by atoms with E-state index in [-0.39, 0.29) is 12.5 Å². The Morgan fingerprint density at radius 1 is 1.37 bits per heavy atom. The lowest BCUT2D eigenvalue weighted by Crippen LogP contribution is -2.28. The standard InChI is InChI=1S/C13H15NO3S2/c15-9-10-5-6-14(8-10)19(16,17)13-7-11-3-1-2-4-12(11)18-13/h1-4,7,10,15H,5-6,8-9H2/t10-/m0/s1. The molecule has 19 heavy (non-hydrogen) atoms. The molecule has 1 saturated heterocycles. The fourth-order valence-corrected chi connectivity index (χ4v) is 5.46. The maximum atomic E-state index is 12.5. The molecule has 1 aromatic heterocycles. The van der Waals surface area contributed by atoms with E-state index in [1.165, 1.54) is 15.6 Å². The van der Waals surface area contributed by atoms with Gasteiger partial charge >= 0.3 is 0 Å². The van der Waals surface area contributed by atoms with Crippen LogP contribution < -0.4 is 0 Å². The highest BCUT2D eigenvalue weighted by molar-refractivity contribution is 7.91. The molecule has 0 bridgehead atoms. The van der Waals surface area contributed by atoms with Crippen molar-refractivity contribution in [2.45, 2.75) is 10.6 Å². The molecule has 1 N–H and O–H groups in total. The van der Waals surface area contributed by atoms with Crippen LogP contribution in [0.3, 0.4) is 0 Å². The highest BCUT2D eigenvalue weighted by Crippen LogP contribution is 2.32.